The van der Waals surface area contributed by atoms with Gasteiger partial charge in [-0.15, -0.1) is 0 Å². The number of phosphoric acid groups is 1. The summed E-state index contributed by atoms with van der Waals surface area (Å²) in [5.41, 5.74) is 0. The normalized spacial score (nSPS) is 14.4. The monoisotopic (exact) mass is 896 g/mol. The first-order chi connectivity index (χ1) is 30.0. The lowest BCUT2D eigenvalue weighted by molar-refractivity contribution is -0.870. The molecule has 0 saturated heterocycles. The van der Waals surface area contributed by atoms with Crippen LogP contribution in [0.1, 0.15) is 245 Å². The average Bonchev–Trinajstić information content (AvgIpc) is 3.23. The maximum absolute atomic E-state index is 12.9. The Morgan fingerprint density at radius 3 is 1.31 bits per heavy atom. The molecule has 0 spiro atoms. The van der Waals surface area contributed by atoms with E-state index >= 15 is 0 Å². The Bertz CT molecular complexity index is 1110. The molecule has 0 aromatic heterocycles. The number of quaternary nitrogens is 1. The second-order valence-corrected chi connectivity index (χ2v) is 20.7. The van der Waals surface area contributed by atoms with Crippen LogP contribution in [0.2, 0.25) is 0 Å². The van der Waals surface area contributed by atoms with Crippen LogP contribution in [0.15, 0.2) is 36.5 Å². The van der Waals surface area contributed by atoms with E-state index in [4.69, 9.17) is 9.05 Å². The number of nitrogens with zero attached hydrogens (tertiary/aromatic N) is 1. The lowest BCUT2D eigenvalue weighted by Gasteiger charge is -2.25. The quantitative estimate of drug-likeness (QED) is 0.0243. The van der Waals surface area contributed by atoms with Crippen molar-refractivity contribution in [3.05, 3.63) is 36.5 Å². The smallest absolute Gasteiger partial charge is 0.387 e. The second kappa shape index (κ2) is 44.9. The zero-order valence-electron chi connectivity index (χ0n) is 41.6. The van der Waals surface area contributed by atoms with E-state index in [2.05, 4.69) is 43.5 Å². The van der Waals surface area contributed by atoms with Gasteiger partial charge in [-0.25, -0.2) is 4.57 Å². The predicted octanol–water partition coefficient (Wildman–Crippen LogP) is 15.4. The van der Waals surface area contributed by atoms with Crippen molar-refractivity contribution in [3.8, 4) is 0 Å². The lowest BCUT2D eigenvalue weighted by atomic mass is 10.0. The molecule has 0 aliphatic rings. The molecule has 9 heteroatoms. The molecule has 1 amide bonds. The highest BCUT2D eigenvalue weighted by Gasteiger charge is 2.27. The Hall–Kier alpha value is -1.28. The minimum absolute atomic E-state index is 0.0556. The number of aliphatic hydroxyl groups excluding tert-OH is 1. The number of carbonyl (C=O) groups excluding carboxylic acids is 1. The van der Waals surface area contributed by atoms with Gasteiger partial charge in [0.1, 0.15) is 13.2 Å². The van der Waals surface area contributed by atoms with E-state index < -0.39 is 20.0 Å². The van der Waals surface area contributed by atoms with Gasteiger partial charge in [0, 0.05) is 6.42 Å². The van der Waals surface area contributed by atoms with Crippen LogP contribution in [0.3, 0.4) is 0 Å². The van der Waals surface area contributed by atoms with Gasteiger partial charge in [0.05, 0.1) is 39.9 Å². The van der Waals surface area contributed by atoms with Gasteiger partial charge in [0.15, 0.2) is 0 Å². The Morgan fingerprint density at radius 1 is 0.532 bits per heavy atom. The number of carbonyl (C=O) groups is 1. The SMILES string of the molecule is CCCCCC/C=C\CCCCCCCCCC(=O)NC(COP(=O)(O)OCC[N+](C)(C)C)C(O)/C=C/CC/C=C/CCCCCCCCCCCCCCCCCCCCC. The minimum atomic E-state index is -4.35. The molecule has 0 fully saturated rings. The van der Waals surface area contributed by atoms with Crippen LogP contribution in [-0.2, 0) is 18.4 Å². The van der Waals surface area contributed by atoms with Gasteiger partial charge in [0.2, 0.25) is 5.91 Å². The summed E-state index contributed by atoms with van der Waals surface area (Å²) < 4.78 is 23.6. The first kappa shape index (κ1) is 60.7. The molecule has 62 heavy (non-hydrogen) atoms. The third-order valence-corrected chi connectivity index (χ3v) is 12.8. The summed E-state index contributed by atoms with van der Waals surface area (Å²) in [5.74, 6) is -0.191. The first-order valence-electron chi connectivity index (χ1n) is 26.4. The third kappa shape index (κ3) is 46.7. The molecule has 366 valence electrons. The van der Waals surface area contributed by atoms with Crippen molar-refractivity contribution in [2.45, 2.75) is 257 Å². The molecule has 3 N–H and O–H groups in total. The van der Waals surface area contributed by atoms with E-state index in [-0.39, 0.29) is 19.1 Å². The van der Waals surface area contributed by atoms with E-state index in [9.17, 15) is 19.4 Å². The standard InChI is InChI=1S/C53H103N2O6P/c1-6-8-10-12-14-16-18-20-22-23-24-25-26-27-28-29-30-31-33-34-36-38-40-42-44-46-52(56)51(50-61-62(58,59)60-49-48-55(3,4)5)54-53(57)47-45-43-41-39-37-35-32-21-19-17-15-13-11-9-7-2/h17,19,36,38,44,46,51-52,56H,6-16,18,20-35,37,39-43,45,47-50H2,1-5H3,(H-,54,57,58,59)/p+1/b19-17-,38-36+,46-44+. The largest absolute Gasteiger partial charge is 0.472 e. The van der Waals surface area contributed by atoms with E-state index in [1.165, 1.54) is 186 Å². The molecule has 8 nitrogen and oxygen atoms in total. The van der Waals surface area contributed by atoms with Crippen LogP contribution < -0.4 is 5.32 Å². The fourth-order valence-electron chi connectivity index (χ4n) is 7.64. The van der Waals surface area contributed by atoms with Crippen LogP contribution in [-0.4, -0.2) is 73.4 Å². The van der Waals surface area contributed by atoms with Gasteiger partial charge in [-0.1, -0.05) is 217 Å². The number of allylic oxidation sites excluding steroid dienone is 5. The molecule has 0 aliphatic heterocycles. The maximum atomic E-state index is 12.9. The Labute approximate surface area is 385 Å². The molecule has 0 bridgehead atoms. The first-order valence-corrected chi connectivity index (χ1v) is 27.9. The Balaban J connectivity index is 4.29. The molecule has 0 aromatic carbocycles. The number of unbranched alkanes of at least 4 members (excludes halogenated alkanes) is 31. The summed E-state index contributed by atoms with van der Waals surface area (Å²) in [6.07, 6.45) is 56.7. The maximum Gasteiger partial charge on any atom is 0.472 e. The zero-order valence-corrected chi connectivity index (χ0v) is 42.5. The number of hydrogen-bond acceptors (Lipinski definition) is 5. The highest BCUT2D eigenvalue weighted by molar-refractivity contribution is 7.47. The van der Waals surface area contributed by atoms with E-state index in [0.717, 1.165) is 38.5 Å². The van der Waals surface area contributed by atoms with Crippen LogP contribution in [0.5, 0.6) is 0 Å². The van der Waals surface area contributed by atoms with Crippen molar-refractivity contribution in [3.63, 3.8) is 0 Å². The minimum Gasteiger partial charge on any atom is -0.387 e. The molecule has 0 rings (SSSR count). The number of nitrogens with one attached hydrogen (secondary N) is 1. The van der Waals surface area contributed by atoms with Gasteiger partial charge < -0.3 is 19.8 Å². The summed E-state index contributed by atoms with van der Waals surface area (Å²) in [5, 5.41) is 13.9. The summed E-state index contributed by atoms with van der Waals surface area (Å²) >= 11 is 0. The van der Waals surface area contributed by atoms with Crippen LogP contribution in [0.25, 0.3) is 0 Å². The van der Waals surface area contributed by atoms with Crippen molar-refractivity contribution in [2.75, 3.05) is 40.9 Å². The van der Waals surface area contributed by atoms with Crippen molar-refractivity contribution in [1.82, 2.24) is 5.32 Å². The number of aliphatic hydroxyl groups is 1. The van der Waals surface area contributed by atoms with Crippen molar-refractivity contribution < 1.29 is 32.9 Å². The summed E-state index contributed by atoms with van der Waals surface area (Å²) in [6.45, 7) is 4.80. The van der Waals surface area contributed by atoms with Crippen molar-refractivity contribution in [2.24, 2.45) is 0 Å². The Morgan fingerprint density at radius 2 is 0.887 bits per heavy atom. The fourth-order valence-corrected chi connectivity index (χ4v) is 8.38. The van der Waals surface area contributed by atoms with Crippen molar-refractivity contribution >= 4 is 13.7 Å². The number of phosphoric ester groups is 1. The summed E-state index contributed by atoms with van der Waals surface area (Å²) in [4.78, 5) is 23.2. The molecule has 0 aromatic rings. The molecule has 0 heterocycles. The third-order valence-electron chi connectivity index (χ3n) is 11.8. The van der Waals surface area contributed by atoms with Crippen LogP contribution >= 0.6 is 7.82 Å². The van der Waals surface area contributed by atoms with E-state index in [1.54, 1.807) is 6.08 Å². The number of amides is 1. The van der Waals surface area contributed by atoms with Crippen LogP contribution in [0, 0.1) is 0 Å². The Kier molecular flexibility index (Phi) is 44.0. The van der Waals surface area contributed by atoms with Gasteiger partial charge in [-0.3, -0.25) is 13.8 Å². The van der Waals surface area contributed by atoms with Gasteiger partial charge in [-0.2, -0.15) is 0 Å². The fraction of sp³-hybridized carbons (Fsp3) is 0.868. The molecule has 0 saturated carbocycles. The van der Waals surface area contributed by atoms with Crippen molar-refractivity contribution in [1.29, 1.82) is 0 Å². The average molecular weight is 896 g/mol. The topological polar surface area (TPSA) is 105 Å². The van der Waals surface area contributed by atoms with E-state index in [0.29, 0.717) is 17.4 Å². The molecule has 3 unspecified atom stereocenters. The molecule has 3 atom stereocenters. The van der Waals surface area contributed by atoms with Gasteiger partial charge in [-0.05, 0) is 57.8 Å². The second-order valence-electron chi connectivity index (χ2n) is 19.2. The lowest BCUT2D eigenvalue weighted by Crippen LogP contribution is -2.45. The summed E-state index contributed by atoms with van der Waals surface area (Å²) in [7, 11) is 1.56. The van der Waals surface area contributed by atoms with Crippen LogP contribution in [0.4, 0.5) is 0 Å². The number of likely N-dealkylation sites (N-methyl/N-ethyl adjacent to an activating group) is 1. The highest BCUT2D eigenvalue weighted by atomic mass is 31.2. The zero-order chi connectivity index (χ0) is 45.7. The van der Waals surface area contributed by atoms with E-state index in [1.807, 2.05) is 27.2 Å². The predicted molar refractivity (Wildman–Crippen MR) is 268 cm³/mol. The highest BCUT2D eigenvalue weighted by Crippen LogP contribution is 2.43. The molecule has 0 aliphatic carbocycles. The molecular weight excluding hydrogens is 792 g/mol. The number of rotatable bonds is 48. The summed E-state index contributed by atoms with van der Waals surface area (Å²) in [6, 6.07) is -0.864. The number of hydrogen-bond donors (Lipinski definition) is 3. The molecule has 0 radical (unpaired) electrons. The van der Waals surface area contributed by atoms with Gasteiger partial charge in [0.25, 0.3) is 0 Å². The molecular formula is C53H104N2O6P+. The van der Waals surface area contributed by atoms with Gasteiger partial charge >= 0.3 is 7.82 Å².